The lowest BCUT2D eigenvalue weighted by atomic mass is 9.86. The number of fused-ring (bicyclic) bond motifs is 2. The fraction of sp³-hybridized carbons (Fsp3) is 0.467. The summed E-state index contributed by atoms with van der Waals surface area (Å²) in [4.78, 5) is 48.9. The number of carbonyl (C=O) groups excluding carboxylic acids is 3. The minimum absolute atomic E-state index is 0.0445. The van der Waals surface area contributed by atoms with Gasteiger partial charge in [0.15, 0.2) is 5.78 Å². The summed E-state index contributed by atoms with van der Waals surface area (Å²) in [5.41, 5.74) is 0.309. The number of cyclic esters (lactones) is 1. The molecule has 1 aromatic rings. The van der Waals surface area contributed by atoms with Crippen LogP contribution in [0.15, 0.2) is 4.79 Å². The highest BCUT2D eigenvalue weighted by molar-refractivity contribution is 6.08. The van der Waals surface area contributed by atoms with E-state index in [1.54, 1.807) is 6.92 Å². The molecule has 0 amide bonds. The van der Waals surface area contributed by atoms with Gasteiger partial charge in [-0.25, -0.2) is 4.79 Å². The molecule has 0 aromatic carbocycles. The molecule has 1 atom stereocenters. The zero-order valence-corrected chi connectivity index (χ0v) is 12.3. The second-order valence-corrected chi connectivity index (χ2v) is 5.31. The smallest absolute Gasteiger partial charge is 0.340 e. The Morgan fingerprint density at radius 3 is 2.73 bits per heavy atom. The van der Waals surface area contributed by atoms with Gasteiger partial charge in [0, 0.05) is 13.0 Å². The van der Waals surface area contributed by atoms with Crippen molar-refractivity contribution in [3.63, 3.8) is 0 Å². The van der Waals surface area contributed by atoms with Crippen molar-refractivity contribution in [3.05, 3.63) is 32.7 Å². The van der Waals surface area contributed by atoms with Crippen LogP contribution in [-0.2, 0) is 27.4 Å². The van der Waals surface area contributed by atoms with E-state index in [1.807, 2.05) is 0 Å². The first-order chi connectivity index (χ1) is 10.5. The predicted molar refractivity (Wildman–Crippen MR) is 73.8 cm³/mol. The molecule has 0 radical (unpaired) electrons. The van der Waals surface area contributed by atoms with Gasteiger partial charge in [-0.2, -0.15) is 0 Å². The van der Waals surface area contributed by atoms with Crippen LogP contribution in [0, 0.1) is 0 Å². The monoisotopic (exact) mass is 305 g/mol. The molecule has 22 heavy (non-hydrogen) atoms. The third kappa shape index (κ3) is 1.81. The first-order valence-corrected chi connectivity index (χ1v) is 7.08. The summed E-state index contributed by atoms with van der Waals surface area (Å²) in [5, 5.41) is 0. The second kappa shape index (κ2) is 5.08. The fourth-order valence-electron chi connectivity index (χ4n) is 3.19. The number of carbonyl (C=O) groups is 3. The minimum Gasteiger partial charge on any atom is -0.465 e. The first kappa shape index (κ1) is 14.5. The van der Waals surface area contributed by atoms with Crippen LogP contribution in [0.3, 0.4) is 0 Å². The molecule has 116 valence electrons. The SMILES string of the molecule is CCC1C(=O)OCc2c1c(C(=O)OC)c1n(c2=O)CCC1=O. The summed E-state index contributed by atoms with van der Waals surface area (Å²) in [6.07, 6.45) is 0.528. The number of Topliss-reactive ketones (excluding diaryl/α,β-unsaturated/α-hetero) is 1. The lowest BCUT2D eigenvalue weighted by molar-refractivity contribution is -0.148. The van der Waals surface area contributed by atoms with Gasteiger partial charge in [-0.05, 0) is 12.0 Å². The number of pyridine rings is 1. The number of nitrogens with zero attached hydrogens (tertiary/aromatic N) is 1. The molecule has 1 aromatic heterocycles. The van der Waals surface area contributed by atoms with E-state index in [4.69, 9.17) is 9.47 Å². The average molecular weight is 305 g/mol. The highest BCUT2D eigenvalue weighted by Gasteiger charge is 2.40. The van der Waals surface area contributed by atoms with Crippen LogP contribution in [0.2, 0.25) is 0 Å². The lowest BCUT2D eigenvalue weighted by Crippen LogP contribution is -2.36. The molecule has 0 aliphatic carbocycles. The first-order valence-electron chi connectivity index (χ1n) is 7.08. The number of hydrogen-bond donors (Lipinski definition) is 0. The highest BCUT2D eigenvalue weighted by atomic mass is 16.5. The van der Waals surface area contributed by atoms with Gasteiger partial charge in [-0.1, -0.05) is 6.92 Å². The van der Waals surface area contributed by atoms with Gasteiger partial charge >= 0.3 is 11.9 Å². The molecule has 0 fully saturated rings. The summed E-state index contributed by atoms with van der Waals surface area (Å²) >= 11 is 0. The molecule has 0 saturated heterocycles. The van der Waals surface area contributed by atoms with Crippen LogP contribution in [0.4, 0.5) is 0 Å². The topological polar surface area (TPSA) is 91.7 Å². The molecular weight excluding hydrogens is 290 g/mol. The van der Waals surface area contributed by atoms with E-state index in [2.05, 4.69) is 0 Å². The summed E-state index contributed by atoms with van der Waals surface area (Å²) in [5.74, 6) is -2.21. The quantitative estimate of drug-likeness (QED) is 0.750. The van der Waals surface area contributed by atoms with E-state index in [0.29, 0.717) is 12.0 Å². The van der Waals surface area contributed by atoms with E-state index in [0.717, 1.165) is 0 Å². The zero-order chi connectivity index (χ0) is 16.0. The summed E-state index contributed by atoms with van der Waals surface area (Å²) in [7, 11) is 1.21. The average Bonchev–Trinajstić information content (AvgIpc) is 2.89. The molecule has 2 aliphatic heterocycles. The summed E-state index contributed by atoms with van der Waals surface area (Å²) in [6, 6.07) is 0. The zero-order valence-electron chi connectivity index (χ0n) is 12.3. The highest BCUT2D eigenvalue weighted by Crippen LogP contribution is 2.35. The Bertz CT molecular complexity index is 760. The van der Waals surface area contributed by atoms with Gasteiger partial charge in [0.05, 0.1) is 24.2 Å². The number of rotatable bonds is 2. The molecule has 2 aliphatic rings. The number of methoxy groups -OCH3 is 1. The Balaban J connectivity index is 2.43. The molecule has 1 unspecified atom stereocenters. The van der Waals surface area contributed by atoms with Crippen LogP contribution in [0.25, 0.3) is 0 Å². The maximum absolute atomic E-state index is 12.5. The molecule has 3 heterocycles. The van der Waals surface area contributed by atoms with Crippen LogP contribution < -0.4 is 5.56 Å². The van der Waals surface area contributed by atoms with Gasteiger partial charge in [0.1, 0.15) is 12.3 Å². The van der Waals surface area contributed by atoms with Crippen molar-refractivity contribution >= 4 is 17.7 Å². The van der Waals surface area contributed by atoms with Crippen molar-refractivity contribution in [2.75, 3.05) is 7.11 Å². The standard InChI is InChI=1S/C15H15NO6/c1-3-7-10-8(6-22-14(7)19)13(18)16-5-4-9(17)12(16)11(10)15(20)21-2/h7H,3-6H2,1-2H3. The summed E-state index contributed by atoms with van der Waals surface area (Å²) in [6.45, 7) is 1.81. The predicted octanol–water partition coefficient (Wildman–Crippen LogP) is 0.772. The third-order valence-electron chi connectivity index (χ3n) is 4.22. The number of ketones is 1. The van der Waals surface area contributed by atoms with Crippen LogP contribution >= 0.6 is 0 Å². The molecule has 7 heteroatoms. The Morgan fingerprint density at radius 1 is 1.36 bits per heavy atom. The molecule has 3 rings (SSSR count). The maximum atomic E-state index is 12.5. The normalized spacial score (nSPS) is 19.5. The second-order valence-electron chi connectivity index (χ2n) is 5.31. The Hall–Kier alpha value is -2.44. The van der Waals surface area contributed by atoms with Crippen LogP contribution in [0.5, 0.6) is 0 Å². The maximum Gasteiger partial charge on any atom is 0.340 e. The van der Waals surface area contributed by atoms with Crippen molar-refractivity contribution in [1.29, 1.82) is 0 Å². The van der Waals surface area contributed by atoms with Crippen LogP contribution in [-0.4, -0.2) is 29.4 Å². The Kier molecular flexibility index (Phi) is 3.35. The van der Waals surface area contributed by atoms with E-state index in [9.17, 15) is 19.2 Å². The molecule has 0 bridgehead atoms. The van der Waals surface area contributed by atoms with Crippen molar-refractivity contribution < 1.29 is 23.9 Å². The molecular formula is C15H15NO6. The van der Waals surface area contributed by atoms with Gasteiger partial charge in [-0.3, -0.25) is 14.4 Å². The Morgan fingerprint density at radius 2 is 2.09 bits per heavy atom. The number of esters is 2. The number of ether oxygens (including phenoxy) is 2. The number of aromatic nitrogens is 1. The van der Waals surface area contributed by atoms with E-state index in [1.165, 1.54) is 11.7 Å². The van der Waals surface area contributed by atoms with E-state index in [-0.39, 0.29) is 47.7 Å². The van der Waals surface area contributed by atoms with E-state index < -0.39 is 17.9 Å². The molecule has 0 saturated carbocycles. The van der Waals surface area contributed by atoms with Crippen molar-refractivity contribution in [1.82, 2.24) is 4.57 Å². The minimum atomic E-state index is -0.732. The lowest BCUT2D eigenvalue weighted by Gasteiger charge is -2.26. The van der Waals surface area contributed by atoms with Gasteiger partial charge in [0.2, 0.25) is 0 Å². The molecule has 0 spiro atoms. The van der Waals surface area contributed by atoms with Gasteiger partial charge in [0.25, 0.3) is 5.56 Å². The van der Waals surface area contributed by atoms with Crippen LogP contribution in [0.1, 0.15) is 57.7 Å². The van der Waals surface area contributed by atoms with Crippen molar-refractivity contribution in [2.45, 2.75) is 38.8 Å². The molecule has 7 nitrogen and oxygen atoms in total. The van der Waals surface area contributed by atoms with E-state index >= 15 is 0 Å². The largest absolute Gasteiger partial charge is 0.465 e. The summed E-state index contributed by atoms with van der Waals surface area (Å²) < 4.78 is 11.1. The van der Waals surface area contributed by atoms with Crippen molar-refractivity contribution in [3.8, 4) is 0 Å². The van der Waals surface area contributed by atoms with Crippen molar-refractivity contribution in [2.24, 2.45) is 0 Å². The number of hydrogen-bond acceptors (Lipinski definition) is 6. The van der Waals surface area contributed by atoms with Gasteiger partial charge < -0.3 is 14.0 Å². The third-order valence-corrected chi connectivity index (χ3v) is 4.22. The van der Waals surface area contributed by atoms with Gasteiger partial charge in [-0.15, -0.1) is 0 Å². The Labute approximate surface area is 125 Å². The fourth-order valence-corrected chi connectivity index (χ4v) is 3.19. The molecule has 0 N–H and O–H groups in total.